The number of carbonyl (C=O) groups is 1. The first-order valence-electron chi connectivity index (χ1n) is 9.70. The van der Waals surface area contributed by atoms with Crippen molar-refractivity contribution >= 4 is 23.4 Å². The zero-order chi connectivity index (χ0) is 19.9. The lowest BCUT2D eigenvalue weighted by molar-refractivity contribution is 0.0507. The van der Waals surface area contributed by atoms with Crippen LogP contribution in [0.15, 0.2) is 10.4 Å². The summed E-state index contributed by atoms with van der Waals surface area (Å²) in [6.07, 6.45) is 2.48. The summed E-state index contributed by atoms with van der Waals surface area (Å²) >= 11 is 1.72. The number of carbonyl (C=O) groups excluding carboxylic acids is 1. The number of nitrogens with zero attached hydrogens (tertiary/aromatic N) is 3. The van der Waals surface area contributed by atoms with E-state index in [9.17, 15) is 4.79 Å². The number of hydrogen-bond donors (Lipinski definition) is 2. The smallest absolute Gasteiger partial charge is 0.407 e. The molecule has 1 aromatic heterocycles. The second-order valence-electron chi connectivity index (χ2n) is 7.80. The highest BCUT2D eigenvalue weighted by Gasteiger charge is 2.27. The van der Waals surface area contributed by atoms with Gasteiger partial charge in [0.25, 0.3) is 0 Å². The number of alkyl carbamates (subject to hydrolysis) is 1. The number of amides is 1. The Hall–Kier alpha value is -1.83. The lowest BCUT2D eigenvalue weighted by Gasteiger charge is -2.23. The summed E-state index contributed by atoms with van der Waals surface area (Å²) in [5, 5.41) is 9.58. The van der Waals surface area contributed by atoms with Crippen LogP contribution in [0.5, 0.6) is 0 Å². The summed E-state index contributed by atoms with van der Waals surface area (Å²) in [5.41, 5.74) is 0.613. The maximum Gasteiger partial charge on any atom is 0.407 e. The molecule has 0 aromatic carbocycles. The minimum absolute atomic E-state index is 0.0852. The van der Waals surface area contributed by atoms with Crippen molar-refractivity contribution < 1.29 is 9.53 Å². The van der Waals surface area contributed by atoms with Gasteiger partial charge in [0.05, 0.1) is 11.0 Å². The zero-order valence-electron chi connectivity index (χ0n) is 17.2. The van der Waals surface area contributed by atoms with Crippen molar-refractivity contribution in [3.05, 3.63) is 16.1 Å². The monoisotopic (exact) mass is 395 g/mol. The maximum absolute atomic E-state index is 12.0. The van der Waals surface area contributed by atoms with E-state index in [2.05, 4.69) is 32.8 Å². The highest BCUT2D eigenvalue weighted by molar-refractivity contribution is 7.09. The zero-order valence-corrected chi connectivity index (χ0v) is 18.0. The van der Waals surface area contributed by atoms with Gasteiger partial charge in [0.2, 0.25) is 0 Å². The van der Waals surface area contributed by atoms with Crippen molar-refractivity contribution in [1.82, 2.24) is 20.5 Å². The number of ether oxygens (including phenoxy) is 1. The highest BCUT2D eigenvalue weighted by atomic mass is 32.1. The van der Waals surface area contributed by atoms with Gasteiger partial charge in [-0.2, -0.15) is 0 Å². The van der Waals surface area contributed by atoms with Crippen LogP contribution < -0.4 is 10.6 Å². The summed E-state index contributed by atoms with van der Waals surface area (Å²) < 4.78 is 5.35. The maximum atomic E-state index is 12.0. The van der Waals surface area contributed by atoms with Gasteiger partial charge in [0.1, 0.15) is 5.60 Å². The molecular weight excluding hydrogens is 362 g/mol. The molecule has 0 spiro atoms. The molecule has 2 N–H and O–H groups in total. The molecular formula is C19H33N5O2S. The fourth-order valence-corrected chi connectivity index (χ4v) is 3.72. The summed E-state index contributed by atoms with van der Waals surface area (Å²) in [5.74, 6) is 0.918. The lowest BCUT2D eigenvalue weighted by atomic mass is 10.2. The Kier molecular flexibility index (Phi) is 7.89. The Morgan fingerprint density at radius 2 is 2.26 bits per heavy atom. The van der Waals surface area contributed by atoms with Crippen LogP contribution in [0.25, 0.3) is 0 Å². The van der Waals surface area contributed by atoms with Crippen molar-refractivity contribution in [2.45, 2.75) is 65.5 Å². The average molecular weight is 396 g/mol. The van der Waals surface area contributed by atoms with Crippen molar-refractivity contribution in [2.24, 2.45) is 4.99 Å². The SMILES string of the molecule is CCNC(=NCCCc1nc(C)cs1)N1CCC(NC(=O)OC(C)(C)C)C1. The molecule has 1 unspecified atom stereocenters. The van der Waals surface area contributed by atoms with E-state index in [0.29, 0.717) is 0 Å². The normalized spacial score (nSPS) is 17.9. The molecule has 1 fully saturated rings. The molecule has 8 heteroatoms. The molecule has 0 bridgehead atoms. The molecule has 1 atom stereocenters. The van der Waals surface area contributed by atoms with Crippen LogP contribution in [-0.2, 0) is 11.2 Å². The summed E-state index contributed by atoms with van der Waals surface area (Å²) in [6, 6.07) is 0.0852. The van der Waals surface area contributed by atoms with E-state index >= 15 is 0 Å². The van der Waals surface area contributed by atoms with E-state index in [-0.39, 0.29) is 12.1 Å². The Balaban J connectivity index is 1.80. The van der Waals surface area contributed by atoms with Gasteiger partial charge in [0, 0.05) is 43.7 Å². The largest absolute Gasteiger partial charge is 0.444 e. The van der Waals surface area contributed by atoms with E-state index in [1.165, 1.54) is 5.01 Å². The Morgan fingerprint density at radius 3 is 2.89 bits per heavy atom. The highest BCUT2D eigenvalue weighted by Crippen LogP contribution is 2.13. The fourth-order valence-electron chi connectivity index (χ4n) is 2.90. The number of thiazole rings is 1. The van der Waals surface area contributed by atoms with Gasteiger partial charge < -0.3 is 20.3 Å². The first-order valence-corrected chi connectivity index (χ1v) is 10.6. The van der Waals surface area contributed by atoms with E-state index < -0.39 is 5.60 Å². The summed E-state index contributed by atoms with van der Waals surface area (Å²) in [6.45, 7) is 12.9. The number of nitrogens with one attached hydrogen (secondary N) is 2. The van der Waals surface area contributed by atoms with Gasteiger partial charge in [0.15, 0.2) is 5.96 Å². The van der Waals surface area contributed by atoms with Gasteiger partial charge in [-0.3, -0.25) is 4.99 Å². The number of hydrogen-bond acceptors (Lipinski definition) is 5. The third kappa shape index (κ3) is 7.74. The number of aryl methyl sites for hydroxylation is 2. The minimum Gasteiger partial charge on any atom is -0.444 e. The number of guanidine groups is 1. The van der Waals surface area contributed by atoms with Crippen molar-refractivity contribution in [3.8, 4) is 0 Å². The Labute approximate surface area is 166 Å². The Morgan fingerprint density at radius 1 is 1.48 bits per heavy atom. The van der Waals surface area contributed by atoms with Crippen LogP contribution in [0.1, 0.15) is 51.2 Å². The second-order valence-corrected chi connectivity index (χ2v) is 8.74. The predicted molar refractivity (Wildman–Crippen MR) is 110 cm³/mol. The van der Waals surface area contributed by atoms with Crippen LogP contribution in [0.3, 0.4) is 0 Å². The molecule has 0 radical (unpaired) electrons. The molecule has 1 aliphatic heterocycles. The average Bonchev–Trinajstić information content (AvgIpc) is 3.17. The molecule has 2 heterocycles. The first-order chi connectivity index (χ1) is 12.8. The molecule has 1 saturated heterocycles. The number of aliphatic imine (C=N–C) groups is 1. The predicted octanol–water partition coefficient (Wildman–Crippen LogP) is 2.95. The van der Waals surface area contributed by atoms with Crippen molar-refractivity contribution in [3.63, 3.8) is 0 Å². The van der Waals surface area contributed by atoms with Crippen LogP contribution in [0, 0.1) is 6.92 Å². The van der Waals surface area contributed by atoms with Crippen molar-refractivity contribution in [2.75, 3.05) is 26.2 Å². The molecule has 1 amide bonds. The third-order valence-corrected chi connectivity index (χ3v) is 5.05. The molecule has 0 saturated carbocycles. The van der Waals surface area contributed by atoms with E-state index in [1.54, 1.807) is 11.3 Å². The molecule has 7 nitrogen and oxygen atoms in total. The third-order valence-electron chi connectivity index (χ3n) is 4.02. The second kappa shape index (κ2) is 9.92. The quantitative estimate of drug-likeness (QED) is 0.440. The van der Waals surface area contributed by atoms with Gasteiger partial charge in [-0.1, -0.05) is 0 Å². The van der Waals surface area contributed by atoms with Crippen LogP contribution in [0.2, 0.25) is 0 Å². The van der Waals surface area contributed by atoms with E-state index in [1.807, 2.05) is 27.7 Å². The summed E-state index contributed by atoms with van der Waals surface area (Å²) in [7, 11) is 0. The van der Waals surface area contributed by atoms with Crippen LogP contribution in [-0.4, -0.2) is 59.8 Å². The number of aromatic nitrogens is 1. The molecule has 27 heavy (non-hydrogen) atoms. The minimum atomic E-state index is -0.477. The lowest BCUT2D eigenvalue weighted by Crippen LogP contribution is -2.44. The fraction of sp³-hybridized carbons (Fsp3) is 0.737. The van der Waals surface area contributed by atoms with E-state index in [4.69, 9.17) is 9.73 Å². The Bertz CT molecular complexity index is 638. The molecule has 1 aromatic rings. The molecule has 1 aliphatic rings. The topological polar surface area (TPSA) is 78.9 Å². The van der Waals surface area contributed by atoms with E-state index in [0.717, 1.165) is 57.1 Å². The standard InChI is InChI=1S/C19H33N5O2S/c1-6-20-17(21-10-7-8-16-22-14(2)13-27-16)24-11-9-15(12-24)23-18(25)26-19(3,4)5/h13,15H,6-12H2,1-5H3,(H,20,21)(H,23,25). The number of rotatable bonds is 6. The van der Waals surface area contributed by atoms with Gasteiger partial charge in [-0.25, -0.2) is 9.78 Å². The van der Waals surface area contributed by atoms with Crippen LogP contribution >= 0.6 is 11.3 Å². The number of likely N-dealkylation sites (tertiary alicyclic amines) is 1. The van der Waals surface area contributed by atoms with Gasteiger partial charge >= 0.3 is 6.09 Å². The molecule has 0 aliphatic carbocycles. The van der Waals surface area contributed by atoms with Crippen molar-refractivity contribution in [1.29, 1.82) is 0 Å². The van der Waals surface area contributed by atoms with Crippen LogP contribution in [0.4, 0.5) is 4.79 Å². The van der Waals surface area contributed by atoms with Gasteiger partial charge in [-0.15, -0.1) is 11.3 Å². The summed E-state index contributed by atoms with van der Waals surface area (Å²) in [4.78, 5) is 23.4. The molecule has 2 rings (SSSR count). The molecule has 152 valence electrons. The first kappa shape index (κ1) is 21.5. The van der Waals surface area contributed by atoms with Gasteiger partial charge in [-0.05, 0) is 47.5 Å².